The summed E-state index contributed by atoms with van der Waals surface area (Å²) < 4.78 is 7.09. The van der Waals surface area contributed by atoms with Gasteiger partial charge in [-0.25, -0.2) is 4.98 Å². The van der Waals surface area contributed by atoms with Gasteiger partial charge < -0.3 is 14.4 Å². The summed E-state index contributed by atoms with van der Waals surface area (Å²) >= 11 is 6.08. The molecule has 1 heterocycles. The van der Waals surface area contributed by atoms with Gasteiger partial charge in [-0.1, -0.05) is 23.7 Å². The van der Waals surface area contributed by atoms with Gasteiger partial charge in [-0.15, -0.1) is 0 Å². The Labute approximate surface area is 111 Å². The predicted octanol–water partition coefficient (Wildman–Crippen LogP) is 2.28. The molecule has 0 saturated heterocycles. The summed E-state index contributed by atoms with van der Waals surface area (Å²) in [7, 11) is 3.51. The summed E-state index contributed by atoms with van der Waals surface area (Å²) in [6.07, 6.45) is 0.492. The van der Waals surface area contributed by atoms with Crippen molar-refractivity contribution in [3.05, 3.63) is 35.1 Å². The van der Waals surface area contributed by atoms with Crippen molar-refractivity contribution in [3.8, 4) is 17.1 Å². The van der Waals surface area contributed by atoms with Crippen molar-refractivity contribution in [1.82, 2.24) is 9.55 Å². The van der Waals surface area contributed by atoms with E-state index < -0.39 is 0 Å². The molecule has 18 heavy (non-hydrogen) atoms. The van der Waals surface area contributed by atoms with E-state index in [0.29, 0.717) is 11.6 Å². The van der Waals surface area contributed by atoms with Crippen molar-refractivity contribution in [2.45, 2.75) is 6.42 Å². The van der Waals surface area contributed by atoms with Gasteiger partial charge in [0, 0.05) is 25.6 Å². The number of ether oxygens (including phenoxy) is 1. The Morgan fingerprint density at radius 1 is 1.44 bits per heavy atom. The maximum absolute atomic E-state index is 9.01. The van der Waals surface area contributed by atoms with Gasteiger partial charge in [0.1, 0.15) is 11.6 Å². The average Bonchev–Trinajstić information content (AvgIpc) is 2.67. The number of benzene rings is 1. The molecule has 0 fully saturated rings. The molecule has 0 unspecified atom stereocenters. The molecule has 96 valence electrons. The fourth-order valence-electron chi connectivity index (χ4n) is 1.90. The first-order valence-corrected chi connectivity index (χ1v) is 6.01. The van der Waals surface area contributed by atoms with Crippen LogP contribution in [0.2, 0.25) is 5.15 Å². The minimum absolute atomic E-state index is 0.0524. The first kappa shape index (κ1) is 12.9. The lowest BCUT2D eigenvalue weighted by molar-refractivity contribution is 0.297. The van der Waals surface area contributed by atoms with Gasteiger partial charge in [-0.2, -0.15) is 0 Å². The topological polar surface area (TPSA) is 47.3 Å². The Balaban J connectivity index is 2.47. The van der Waals surface area contributed by atoms with Crippen LogP contribution in [-0.2, 0) is 13.5 Å². The fraction of sp³-hybridized carbons (Fsp3) is 0.308. The van der Waals surface area contributed by atoms with Gasteiger partial charge >= 0.3 is 0 Å². The lowest BCUT2D eigenvalue weighted by atomic mass is 10.2. The highest BCUT2D eigenvalue weighted by Gasteiger charge is 2.14. The zero-order chi connectivity index (χ0) is 13.1. The lowest BCUT2D eigenvalue weighted by Crippen LogP contribution is -2.01. The third-order valence-corrected chi connectivity index (χ3v) is 3.14. The van der Waals surface area contributed by atoms with Crippen LogP contribution in [0.1, 0.15) is 5.69 Å². The molecule has 0 spiro atoms. The smallest absolute Gasteiger partial charge is 0.151 e. The quantitative estimate of drug-likeness (QED) is 0.924. The van der Waals surface area contributed by atoms with Crippen molar-refractivity contribution in [2.24, 2.45) is 7.05 Å². The van der Waals surface area contributed by atoms with Crippen molar-refractivity contribution in [3.63, 3.8) is 0 Å². The maximum atomic E-state index is 9.01. The molecule has 1 N–H and O–H groups in total. The van der Waals surface area contributed by atoms with Gasteiger partial charge in [0.15, 0.2) is 5.15 Å². The molecule has 1 aromatic carbocycles. The van der Waals surface area contributed by atoms with Crippen LogP contribution in [-0.4, -0.2) is 28.4 Å². The zero-order valence-electron chi connectivity index (χ0n) is 10.4. The van der Waals surface area contributed by atoms with Crippen LogP contribution in [0.15, 0.2) is 24.3 Å². The van der Waals surface area contributed by atoms with Crippen LogP contribution in [0.3, 0.4) is 0 Å². The van der Waals surface area contributed by atoms with Gasteiger partial charge in [0.05, 0.1) is 12.8 Å². The summed E-state index contributed by atoms with van der Waals surface area (Å²) in [5.41, 5.74) is 1.76. The molecule has 5 heteroatoms. The number of aliphatic hydroxyl groups is 1. The van der Waals surface area contributed by atoms with Gasteiger partial charge in [-0.3, -0.25) is 0 Å². The molecule has 4 nitrogen and oxygen atoms in total. The summed E-state index contributed by atoms with van der Waals surface area (Å²) in [4.78, 5) is 4.34. The molecule has 2 rings (SSSR count). The second-order valence-corrected chi connectivity index (χ2v) is 4.30. The van der Waals surface area contributed by atoms with Crippen LogP contribution in [0.4, 0.5) is 0 Å². The number of rotatable bonds is 4. The largest absolute Gasteiger partial charge is 0.497 e. The third kappa shape index (κ3) is 2.35. The summed E-state index contributed by atoms with van der Waals surface area (Å²) in [6.45, 7) is 0.0524. The standard InChI is InChI=1S/C13H15ClN2O2/c1-16-11(6-7-17)12(14)15-13(16)9-4-3-5-10(8-9)18-2/h3-5,8,17H,6-7H2,1-2H3. The number of halogens is 1. The zero-order valence-corrected chi connectivity index (χ0v) is 11.1. The molecule has 0 radical (unpaired) electrons. The number of hydrogen-bond acceptors (Lipinski definition) is 3. The molecule has 0 bridgehead atoms. The summed E-state index contributed by atoms with van der Waals surface area (Å²) in [5, 5.41) is 9.45. The van der Waals surface area contributed by atoms with Crippen molar-refractivity contribution in [2.75, 3.05) is 13.7 Å². The van der Waals surface area contributed by atoms with Crippen LogP contribution in [0, 0.1) is 0 Å². The summed E-state index contributed by atoms with van der Waals surface area (Å²) in [5.74, 6) is 1.54. The maximum Gasteiger partial charge on any atom is 0.151 e. The van der Waals surface area contributed by atoms with Crippen LogP contribution >= 0.6 is 11.6 Å². The van der Waals surface area contributed by atoms with Crippen molar-refractivity contribution < 1.29 is 9.84 Å². The Bertz CT molecular complexity index is 552. The molecule has 0 aliphatic carbocycles. The van der Waals surface area contributed by atoms with E-state index in [9.17, 15) is 0 Å². The Hall–Kier alpha value is -1.52. The molecule has 2 aromatic rings. The van der Waals surface area contributed by atoms with E-state index in [1.54, 1.807) is 7.11 Å². The predicted molar refractivity (Wildman–Crippen MR) is 71.0 cm³/mol. The highest BCUT2D eigenvalue weighted by molar-refractivity contribution is 6.30. The van der Waals surface area contributed by atoms with E-state index in [2.05, 4.69) is 4.98 Å². The summed E-state index contributed by atoms with van der Waals surface area (Å²) in [6, 6.07) is 7.64. The Kier molecular flexibility index (Phi) is 3.89. The Morgan fingerprint density at radius 2 is 2.22 bits per heavy atom. The molecule has 0 atom stereocenters. The minimum Gasteiger partial charge on any atom is -0.497 e. The van der Waals surface area contributed by atoms with E-state index >= 15 is 0 Å². The van der Waals surface area contributed by atoms with E-state index in [0.717, 1.165) is 22.8 Å². The molecule has 0 aliphatic rings. The molecule has 0 aliphatic heterocycles. The molecule has 0 amide bonds. The minimum atomic E-state index is 0.0524. The number of hydrogen-bond donors (Lipinski definition) is 1. The van der Waals surface area contributed by atoms with Gasteiger partial charge in [-0.05, 0) is 12.1 Å². The SMILES string of the molecule is COc1cccc(-c2nc(Cl)c(CCO)n2C)c1. The average molecular weight is 267 g/mol. The monoisotopic (exact) mass is 266 g/mol. The number of nitrogens with zero attached hydrogens (tertiary/aromatic N) is 2. The van der Waals surface area contributed by atoms with Gasteiger partial charge in [0.25, 0.3) is 0 Å². The molecule has 0 saturated carbocycles. The lowest BCUT2D eigenvalue weighted by Gasteiger charge is -2.06. The first-order valence-electron chi connectivity index (χ1n) is 5.63. The number of imidazole rings is 1. The number of methoxy groups -OCH3 is 1. The second-order valence-electron chi connectivity index (χ2n) is 3.94. The van der Waals surface area contributed by atoms with E-state index in [-0.39, 0.29) is 6.61 Å². The normalized spacial score (nSPS) is 10.7. The van der Waals surface area contributed by atoms with Crippen LogP contribution in [0.5, 0.6) is 5.75 Å². The number of aromatic nitrogens is 2. The van der Waals surface area contributed by atoms with E-state index in [4.69, 9.17) is 21.4 Å². The number of aliphatic hydroxyl groups excluding tert-OH is 1. The molecular weight excluding hydrogens is 252 g/mol. The van der Waals surface area contributed by atoms with Gasteiger partial charge in [0.2, 0.25) is 0 Å². The van der Waals surface area contributed by atoms with E-state index in [1.165, 1.54) is 0 Å². The highest BCUT2D eigenvalue weighted by Crippen LogP contribution is 2.27. The third-order valence-electron chi connectivity index (χ3n) is 2.84. The molecular formula is C13H15ClN2O2. The second kappa shape index (κ2) is 5.42. The van der Waals surface area contributed by atoms with Crippen LogP contribution in [0.25, 0.3) is 11.4 Å². The van der Waals surface area contributed by atoms with Crippen molar-refractivity contribution in [1.29, 1.82) is 0 Å². The Morgan fingerprint density at radius 3 is 2.89 bits per heavy atom. The van der Waals surface area contributed by atoms with Crippen LogP contribution < -0.4 is 4.74 Å². The fourth-order valence-corrected chi connectivity index (χ4v) is 2.20. The highest BCUT2D eigenvalue weighted by atomic mass is 35.5. The van der Waals surface area contributed by atoms with Crippen molar-refractivity contribution >= 4 is 11.6 Å². The first-order chi connectivity index (χ1) is 8.67. The van der Waals surface area contributed by atoms with E-state index in [1.807, 2.05) is 35.9 Å². The molecule has 1 aromatic heterocycles.